The molecule has 0 saturated carbocycles. The lowest BCUT2D eigenvalue weighted by Crippen LogP contribution is -2.30. The average Bonchev–Trinajstić information content (AvgIpc) is 2.90. The van der Waals surface area contributed by atoms with Gasteiger partial charge in [-0.15, -0.1) is 5.10 Å². The van der Waals surface area contributed by atoms with E-state index in [0.29, 0.717) is 6.04 Å². The summed E-state index contributed by atoms with van der Waals surface area (Å²) in [4.78, 5) is 4.01. The molecule has 6 heteroatoms. The SMILES string of the molecule is c1cc(-c2nnnn2C2CCNCC2)ccn1. The van der Waals surface area contributed by atoms with Crippen LogP contribution >= 0.6 is 0 Å². The van der Waals surface area contributed by atoms with Crippen molar-refractivity contribution in [2.24, 2.45) is 0 Å². The molecule has 1 saturated heterocycles. The fourth-order valence-corrected chi connectivity index (χ4v) is 2.18. The molecule has 2 aromatic heterocycles. The molecule has 17 heavy (non-hydrogen) atoms. The van der Waals surface area contributed by atoms with E-state index in [1.54, 1.807) is 12.4 Å². The van der Waals surface area contributed by atoms with Crippen molar-refractivity contribution in [3.8, 4) is 11.4 Å². The standard InChI is InChI=1S/C11H14N6/c1-5-12-6-2-9(1)11-14-15-16-17(11)10-3-7-13-8-4-10/h1-2,5-6,10,13H,3-4,7-8H2. The van der Waals surface area contributed by atoms with Gasteiger partial charge < -0.3 is 5.32 Å². The summed E-state index contributed by atoms with van der Waals surface area (Å²) in [6, 6.07) is 4.27. The van der Waals surface area contributed by atoms with Crippen LogP contribution in [0.15, 0.2) is 24.5 Å². The third-order valence-electron chi connectivity index (χ3n) is 3.09. The van der Waals surface area contributed by atoms with E-state index in [-0.39, 0.29) is 0 Å². The molecule has 2 aromatic rings. The molecule has 0 amide bonds. The van der Waals surface area contributed by atoms with Gasteiger partial charge in [-0.2, -0.15) is 0 Å². The lowest BCUT2D eigenvalue weighted by molar-refractivity contribution is 0.340. The summed E-state index contributed by atoms with van der Waals surface area (Å²) in [6.07, 6.45) is 5.67. The molecule has 3 heterocycles. The molecule has 0 radical (unpaired) electrons. The second-order valence-corrected chi connectivity index (χ2v) is 4.16. The minimum absolute atomic E-state index is 0.398. The summed E-state index contributed by atoms with van der Waals surface area (Å²) in [6.45, 7) is 2.06. The van der Waals surface area contributed by atoms with Crippen LogP contribution in [0.1, 0.15) is 18.9 Å². The van der Waals surface area contributed by atoms with Gasteiger partial charge in [-0.3, -0.25) is 4.98 Å². The lowest BCUT2D eigenvalue weighted by atomic mass is 10.1. The first kappa shape index (κ1) is 10.3. The monoisotopic (exact) mass is 230 g/mol. The Morgan fingerprint density at radius 1 is 1.18 bits per heavy atom. The largest absolute Gasteiger partial charge is 0.317 e. The van der Waals surface area contributed by atoms with Crippen molar-refractivity contribution in [2.45, 2.75) is 18.9 Å². The van der Waals surface area contributed by atoms with Crippen LogP contribution in [0.5, 0.6) is 0 Å². The molecule has 1 N–H and O–H groups in total. The number of tetrazole rings is 1. The second kappa shape index (κ2) is 4.58. The quantitative estimate of drug-likeness (QED) is 0.820. The average molecular weight is 230 g/mol. The summed E-state index contributed by atoms with van der Waals surface area (Å²) < 4.78 is 1.94. The van der Waals surface area contributed by atoms with E-state index in [0.717, 1.165) is 37.3 Å². The zero-order valence-corrected chi connectivity index (χ0v) is 9.45. The molecule has 0 aromatic carbocycles. The van der Waals surface area contributed by atoms with Gasteiger partial charge in [0.25, 0.3) is 0 Å². The molecule has 0 spiro atoms. The van der Waals surface area contributed by atoms with Gasteiger partial charge in [-0.05, 0) is 48.5 Å². The Balaban J connectivity index is 1.93. The van der Waals surface area contributed by atoms with Crippen LogP contribution < -0.4 is 5.32 Å². The highest BCUT2D eigenvalue weighted by molar-refractivity contribution is 5.53. The Morgan fingerprint density at radius 2 is 1.94 bits per heavy atom. The van der Waals surface area contributed by atoms with Crippen LogP contribution in [0.2, 0.25) is 0 Å². The number of hydrogen-bond acceptors (Lipinski definition) is 5. The summed E-state index contributed by atoms with van der Waals surface area (Å²) in [5, 5.41) is 15.4. The summed E-state index contributed by atoms with van der Waals surface area (Å²) in [5.74, 6) is 0.833. The molecule has 6 nitrogen and oxygen atoms in total. The first-order valence-corrected chi connectivity index (χ1v) is 5.84. The molecule has 0 bridgehead atoms. The van der Waals surface area contributed by atoms with E-state index in [4.69, 9.17) is 0 Å². The van der Waals surface area contributed by atoms with Gasteiger partial charge >= 0.3 is 0 Å². The van der Waals surface area contributed by atoms with E-state index in [9.17, 15) is 0 Å². The Morgan fingerprint density at radius 3 is 2.71 bits per heavy atom. The first-order valence-electron chi connectivity index (χ1n) is 5.84. The predicted octanol–water partition coefficient (Wildman–Crippen LogP) is 0.660. The number of nitrogens with zero attached hydrogens (tertiary/aromatic N) is 5. The first-order chi connectivity index (χ1) is 8.45. The fraction of sp³-hybridized carbons (Fsp3) is 0.455. The van der Waals surface area contributed by atoms with Crippen molar-refractivity contribution >= 4 is 0 Å². The van der Waals surface area contributed by atoms with Crippen molar-refractivity contribution in [2.75, 3.05) is 13.1 Å². The van der Waals surface area contributed by atoms with E-state index in [1.807, 2.05) is 16.8 Å². The highest BCUT2D eigenvalue weighted by atomic mass is 15.5. The molecule has 0 unspecified atom stereocenters. The van der Waals surface area contributed by atoms with E-state index >= 15 is 0 Å². The fourth-order valence-electron chi connectivity index (χ4n) is 2.18. The van der Waals surface area contributed by atoms with E-state index in [1.165, 1.54) is 0 Å². The molecule has 0 atom stereocenters. The van der Waals surface area contributed by atoms with Gasteiger partial charge in [0.1, 0.15) is 0 Å². The van der Waals surface area contributed by atoms with Crippen molar-refractivity contribution in [3.63, 3.8) is 0 Å². The molecular weight excluding hydrogens is 216 g/mol. The molecule has 88 valence electrons. The van der Waals surface area contributed by atoms with Crippen LogP contribution in [0.3, 0.4) is 0 Å². The smallest absolute Gasteiger partial charge is 0.182 e. The van der Waals surface area contributed by atoms with Crippen LogP contribution in [-0.4, -0.2) is 38.3 Å². The summed E-state index contributed by atoms with van der Waals surface area (Å²) >= 11 is 0. The molecule has 3 rings (SSSR count). The van der Waals surface area contributed by atoms with Crippen LogP contribution in [0, 0.1) is 0 Å². The summed E-state index contributed by atoms with van der Waals surface area (Å²) in [7, 11) is 0. The molecule has 1 aliphatic heterocycles. The van der Waals surface area contributed by atoms with Crippen LogP contribution in [0.25, 0.3) is 11.4 Å². The number of hydrogen-bond donors (Lipinski definition) is 1. The third kappa shape index (κ3) is 2.03. The maximum atomic E-state index is 4.12. The van der Waals surface area contributed by atoms with Crippen molar-refractivity contribution < 1.29 is 0 Å². The minimum Gasteiger partial charge on any atom is -0.317 e. The van der Waals surface area contributed by atoms with Crippen molar-refractivity contribution in [1.82, 2.24) is 30.5 Å². The van der Waals surface area contributed by atoms with Crippen LogP contribution in [0.4, 0.5) is 0 Å². The third-order valence-corrected chi connectivity index (χ3v) is 3.09. The zero-order valence-electron chi connectivity index (χ0n) is 9.45. The van der Waals surface area contributed by atoms with Gasteiger partial charge in [0.15, 0.2) is 5.82 Å². The lowest BCUT2D eigenvalue weighted by Gasteiger charge is -2.23. The second-order valence-electron chi connectivity index (χ2n) is 4.16. The molecule has 0 aliphatic carbocycles. The number of piperidine rings is 1. The Bertz CT molecular complexity index is 474. The highest BCUT2D eigenvalue weighted by Gasteiger charge is 2.20. The molecule has 1 fully saturated rings. The number of aromatic nitrogens is 5. The number of rotatable bonds is 2. The Labute approximate surface area is 99.1 Å². The summed E-state index contributed by atoms with van der Waals surface area (Å²) in [5.41, 5.74) is 1.02. The minimum atomic E-state index is 0.398. The van der Waals surface area contributed by atoms with Crippen molar-refractivity contribution in [1.29, 1.82) is 0 Å². The maximum Gasteiger partial charge on any atom is 0.182 e. The van der Waals surface area contributed by atoms with Gasteiger partial charge in [0.2, 0.25) is 0 Å². The Kier molecular flexibility index (Phi) is 2.79. The topological polar surface area (TPSA) is 68.5 Å². The number of pyridine rings is 1. The molecule has 1 aliphatic rings. The van der Waals surface area contributed by atoms with Crippen LogP contribution in [-0.2, 0) is 0 Å². The van der Waals surface area contributed by atoms with Crippen molar-refractivity contribution in [3.05, 3.63) is 24.5 Å². The van der Waals surface area contributed by atoms with Gasteiger partial charge in [0, 0.05) is 18.0 Å². The predicted molar refractivity (Wildman–Crippen MR) is 62.2 cm³/mol. The molecular formula is C11H14N6. The zero-order chi connectivity index (χ0) is 11.5. The van der Waals surface area contributed by atoms with E-state index in [2.05, 4.69) is 25.8 Å². The normalized spacial score (nSPS) is 17.2. The van der Waals surface area contributed by atoms with Gasteiger partial charge in [-0.25, -0.2) is 4.68 Å². The maximum absolute atomic E-state index is 4.12. The number of nitrogens with one attached hydrogen (secondary N) is 1. The van der Waals surface area contributed by atoms with E-state index < -0.39 is 0 Å². The Hall–Kier alpha value is -1.82. The highest BCUT2D eigenvalue weighted by Crippen LogP contribution is 2.23. The van der Waals surface area contributed by atoms with Gasteiger partial charge in [-0.1, -0.05) is 0 Å². The van der Waals surface area contributed by atoms with Gasteiger partial charge in [0.05, 0.1) is 6.04 Å².